The van der Waals surface area contributed by atoms with Crippen molar-refractivity contribution in [3.63, 3.8) is 0 Å². The molecule has 1 aromatic heterocycles. The number of hydrogen-bond acceptors (Lipinski definition) is 3. The first kappa shape index (κ1) is 9.67. The van der Waals surface area contributed by atoms with Gasteiger partial charge in [0.2, 0.25) is 0 Å². The number of aryl methyl sites for hydroxylation is 1. The quantitative estimate of drug-likeness (QED) is 0.740. The van der Waals surface area contributed by atoms with Crippen LogP contribution >= 0.6 is 0 Å². The van der Waals surface area contributed by atoms with E-state index in [1.54, 1.807) is 18.5 Å². The zero-order valence-electron chi connectivity index (χ0n) is 8.52. The molecule has 0 saturated heterocycles. The van der Waals surface area contributed by atoms with Crippen LogP contribution in [-0.2, 0) is 11.9 Å². The molecule has 0 unspecified atom stereocenters. The largest absolute Gasteiger partial charge is 0.334 e. The Labute approximate surface area is 86.6 Å². The summed E-state index contributed by atoms with van der Waals surface area (Å²) in [5.74, 6) is -0.273. The molecule has 0 atom stereocenters. The average Bonchev–Trinajstić information content (AvgIpc) is 2.60. The lowest BCUT2D eigenvalue weighted by atomic mass is 10.2. The topological polar surface area (TPSA) is 56.1 Å². The molecular weight excluding hydrogens is 194 g/mol. The van der Waals surface area contributed by atoms with E-state index in [1.165, 1.54) is 7.11 Å². The summed E-state index contributed by atoms with van der Waals surface area (Å²) in [5, 5.41) is 0. The summed E-state index contributed by atoms with van der Waals surface area (Å²) in [6.07, 6.45) is 1.71. The van der Waals surface area contributed by atoms with Crippen LogP contribution < -0.4 is 5.48 Å². The van der Waals surface area contributed by atoms with Crippen molar-refractivity contribution in [1.82, 2.24) is 15.0 Å². The Kier molecular flexibility index (Phi) is 2.39. The Bertz CT molecular complexity index is 504. The van der Waals surface area contributed by atoms with Gasteiger partial charge < -0.3 is 4.57 Å². The Morgan fingerprint density at radius 3 is 3.07 bits per heavy atom. The van der Waals surface area contributed by atoms with Crippen molar-refractivity contribution in [2.45, 2.75) is 0 Å². The van der Waals surface area contributed by atoms with E-state index in [2.05, 4.69) is 15.3 Å². The summed E-state index contributed by atoms with van der Waals surface area (Å²) in [6, 6.07) is 5.31. The lowest BCUT2D eigenvalue weighted by molar-refractivity contribution is 0.0538. The Balaban J connectivity index is 2.43. The standard InChI is InChI=1S/C10H11N3O2/c1-13-6-11-8-5-7(3-4-9(8)13)10(14)12-15-2/h3-6H,1-2H3,(H,12,14). The smallest absolute Gasteiger partial charge is 0.274 e. The van der Waals surface area contributed by atoms with Crippen LogP contribution in [-0.4, -0.2) is 22.6 Å². The monoisotopic (exact) mass is 205 g/mol. The Morgan fingerprint density at radius 2 is 2.33 bits per heavy atom. The van der Waals surface area contributed by atoms with Crippen LogP contribution in [0.3, 0.4) is 0 Å². The number of rotatable bonds is 2. The van der Waals surface area contributed by atoms with E-state index in [0.717, 1.165) is 11.0 Å². The van der Waals surface area contributed by atoms with E-state index in [9.17, 15) is 4.79 Å². The van der Waals surface area contributed by atoms with Crippen molar-refractivity contribution in [1.29, 1.82) is 0 Å². The fraction of sp³-hybridized carbons (Fsp3) is 0.200. The summed E-state index contributed by atoms with van der Waals surface area (Å²) in [5.41, 5.74) is 4.57. The summed E-state index contributed by atoms with van der Waals surface area (Å²) in [4.78, 5) is 20.1. The first-order valence-electron chi connectivity index (χ1n) is 4.47. The number of hydrogen-bond donors (Lipinski definition) is 1. The molecule has 5 nitrogen and oxygen atoms in total. The van der Waals surface area contributed by atoms with Crippen molar-refractivity contribution in [3.8, 4) is 0 Å². The summed E-state index contributed by atoms with van der Waals surface area (Å²) >= 11 is 0. The van der Waals surface area contributed by atoms with Gasteiger partial charge in [0.25, 0.3) is 5.91 Å². The van der Waals surface area contributed by atoms with Gasteiger partial charge in [0.1, 0.15) is 0 Å². The molecule has 0 spiro atoms. The molecule has 0 saturated carbocycles. The minimum atomic E-state index is -0.273. The van der Waals surface area contributed by atoms with Crippen LogP contribution in [0.25, 0.3) is 11.0 Å². The van der Waals surface area contributed by atoms with E-state index in [1.807, 2.05) is 17.7 Å². The van der Waals surface area contributed by atoms with E-state index in [4.69, 9.17) is 0 Å². The highest BCUT2D eigenvalue weighted by atomic mass is 16.6. The molecule has 0 aliphatic carbocycles. The number of aromatic nitrogens is 2. The molecule has 1 N–H and O–H groups in total. The number of amides is 1. The first-order valence-corrected chi connectivity index (χ1v) is 4.47. The SMILES string of the molecule is CONC(=O)c1ccc2c(c1)ncn2C. The molecule has 0 aliphatic rings. The van der Waals surface area contributed by atoms with E-state index in [0.29, 0.717) is 5.56 Å². The number of hydroxylamine groups is 1. The molecular formula is C10H11N3O2. The molecule has 0 bridgehead atoms. The molecule has 2 rings (SSSR count). The third kappa shape index (κ3) is 1.69. The summed E-state index contributed by atoms with van der Waals surface area (Å²) in [6.45, 7) is 0. The van der Waals surface area contributed by atoms with Gasteiger partial charge in [0.05, 0.1) is 24.5 Å². The van der Waals surface area contributed by atoms with Gasteiger partial charge in [-0.15, -0.1) is 0 Å². The number of fused-ring (bicyclic) bond motifs is 1. The minimum absolute atomic E-state index is 0.273. The zero-order chi connectivity index (χ0) is 10.8. The molecule has 0 aliphatic heterocycles. The van der Waals surface area contributed by atoms with Gasteiger partial charge in [0.15, 0.2) is 0 Å². The van der Waals surface area contributed by atoms with Gasteiger partial charge in [-0.2, -0.15) is 0 Å². The van der Waals surface area contributed by atoms with Crippen molar-refractivity contribution < 1.29 is 9.63 Å². The van der Waals surface area contributed by atoms with Gasteiger partial charge in [0, 0.05) is 12.6 Å². The second-order valence-corrected chi connectivity index (χ2v) is 3.19. The van der Waals surface area contributed by atoms with Crippen molar-refractivity contribution in [2.24, 2.45) is 7.05 Å². The van der Waals surface area contributed by atoms with Crippen molar-refractivity contribution in [3.05, 3.63) is 30.1 Å². The Hall–Kier alpha value is -1.88. The van der Waals surface area contributed by atoms with Gasteiger partial charge in [-0.05, 0) is 18.2 Å². The fourth-order valence-electron chi connectivity index (χ4n) is 1.43. The molecule has 5 heteroatoms. The normalized spacial score (nSPS) is 10.5. The fourth-order valence-corrected chi connectivity index (χ4v) is 1.43. The molecule has 1 amide bonds. The number of benzene rings is 1. The summed E-state index contributed by atoms with van der Waals surface area (Å²) < 4.78 is 1.90. The highest BCUT2D eigenvalue weighted by molar-refractivity contribution is 5.96. The number of carbonyl (C=O) groups excluding carboxylic acids is 1. The maximum Gasteiger partial charge on any atom is 0.274 e. The highest BCUT2D eigenvalue weighted by Crippen LogP contribution is 2.13. The van der Waals surface area contributed by atoms with Crippen molar-refractivity contribution in [2.75, 3.05) is 7.11 Å². The van der Waals surface area contributed by atoms with Crippen LogP contribution in [0.2, 0.25) is 0 Å². The molecule has 0 radical (unpaired) electrons. The van der Waals surface area contributed by atoms with Gasteiger partial charge in [-0.3, -0.25) is 9.63 Å². The number of nitrogens with zero attached hydrogens (tertiary/aromatic N) is 2. The van der Waals surface area contributed by atoms with Crippen LogP contribution in [0.15, 0.2) is 24.5 Å². The van der Waals surface area contributed by atoms with Crippen LogP contribution in [0.1, 0.15) is 10.4 Å². The number of imidazole rings is 1. The maximum absolute atomic E-state index is 11.4. The minimum Gasteiger partial charge on any atom is -0.334 e. The molecule has 15 heavy (non-hydrogen) atoms. The van der Waals surface area contributed by atoms with Gasteiger partial charge >= 0.3 is 0 Å². The number of nitrogens with one attached hydrogen (secondary N) is 1. The van der Waals surface area contributed by atoms with Gasteiger partial charge in [-0.1, -0.05) is 0 Å². The van der Waals surface area contributed by atoms with Crippen LogP contribution in [0, 0.1) is 0 Å². The highest BCUT2D eigenvalue weighted by Gasteiger charge is 2.07. The maximum atomic E-state index is 11.4. The predicted octanol–water partition coefficient (Wildman–Crippen LogP) is 0.865. The average molecular weight is 205 g/mol. The lowest BCUT2D eigenvalue weighted by Crippen LogP contribution is -2.21. The molecule has 2 aromatic rings. The zero-order valence-corrected chi connectivity index (χ0v) is 8.52. The predicted molar refractivity (Wildman–Crippen MR) is 55.2 cm³/mol. The molecule has 1 heterocycles. The lowest BCUT2D eigenvalue weighted by Gasteiger charge is -2.01. The second kappa shape index (κ2) is 3.70. The Morgan fingerprint density at radius 1 is 1.53 bits per heavy atom. The second-order valence-electron chi connectivity index (χ2n) is 3.19. The third-order valence-electron chi connectivity index (χ3n) is 2.18. The molecule has 0 fully saturated rings. The van der Waals surface area contributed by atoms with Crippen molar-refractivity contribution >= 4 is 16.9 Å². The third-order valence-corrected chi connectivity index (χ3v) is 2.18. The molecule has 1 aromatic carbocycles. The number of carbonyl (C=O) groups is 1. The van der Waals surface area contributed by atoms with Crippen LogP contribution in [0.5, 0.6) is 0 Å². The molecule has 78 valence electrons. The summed E-state index contributed by atoms with van der Waals surface area (Å²) in [7, 11) is 3.31. The van der Waals surface area contributed by atoms with Gasteiger partial charge in [-0.25, -0.2) is 10.5 Å². The first-order chi connectivity index (χ1) is 7.22. The van der Waals surface area contributed by atoms with E-state index < -0.39 is 0 Å². The van der Waals surface area contributed by atoms with E-state index in [-0.39, 0.29) is 5.91 Å². The van der Waals surface area contributed by atoms with Crippen LogP contribution in [0.4, 0.5) is 0 Å². The van der Waals surface area contributed by atoms with E-state index >= 15 is 0 Å².